The Kier molecular flexibility index (Phi) is 4.98. The molecule has 0 saturated carbocycles. The fourth-order valence-electron chi connectivity index (χ4n) is 3.11. The van der Waals surface area contributed by atoms with Crippen molar-refractivity contribution in [3.63, 3.8) is 0 Å². The lowest BCUT2D eigenvalue weighted by molar-refractivity contribution is 0.221. The van der Waals surface area contributed by atoms with E-state index in [2.05, 4.69) is 4.98 Å². The standard InChI is InChI=1S/C22H14F3NOS/c23-14-7-8-16(19(25)10-14)22-20(21(27)13-4-3-9-26-11-13)17(12-28-22)15-5-1-2-6-18(15)24/h1-12,21,27H. The molecule has 0 amide bonds. The zero-order valence-electron chi connectivity index (χ0n) is 14.4. The molecule has 0 spiro atoms. The van der Waals surface area contributed by atoms with Crippen molar-refractivity contribution < 1.29 is 18.3 Å². The number of aliphatic hydroxyl groups excluding tert-OH is 1. The maximum Gasteiger partial charge on any atom is 0.134 e. The maximum absolute atomic E-state index is 14.5. The summed E-state index contributed by atoms with van der Waals surface area (Å²) in [5.41, 5.74) is 1.74. The van der Waals surface area contributed by atoms with Gasteiger partial charge in [0.25, 0.3) is 0 Å². The molecule has 1 N–H and O–H groups in total. The van der Waals surface area contributed by atoms with E-state index in [1.807, 2.05) is 0 Å². The molecule has 0 aliphatic heterocycles. The van der Waals surface area contributed by atoms with Gasteiger partial charge in [0.15, 0.2) is 0 Å². The lowest BCUT2D eigenvalue weighted by Crippen LogP contribution is -2.03. The van der Waals surface area contributed by atoms with Crippen LogP contribution in [0.5, 0.6) is 0 Å². The third-order valence-electron chi connectivity index (χ3n) is 4.44. The van der Waals surface area contributed by atoms with E-state index in [9.17, 15) is 18.3 Å². The van der Waals surface area contributed by atoms with Gasteiger partial charge in [-0.15, -0.1) is 11.3 Å². The van der Waals surface area contributed by atoms with Gasteiger partial charge in [-0.1, -0.05) is 24.3 Å². The summed E-state index contributed by atoms with van der Waals surface area (Å²) in [4.78, 5) is 4.42. The molecule has 2 aromatic heterocycles. The molecule has 140 valence electrons. The Labute approximate surface area is 163 Å². The third-order valence-corrected chi connectivity index (χ3v) is 5.47. The van der Waals surface area contributed by atoms with E-state index in [-0.39, 0.29) is 5.56 Å². The second-order valence-corrected chi connectivity index (χ2v) is 7.06. The zero-order chi connectivity index (χ0) is 19.7. The van der Waals surface area contributed by atoms with Crippen LogP contribution >= 0.6 is 11.3 Å². The molecule has 0 bridgehead atoms. The SMILES string of the molecule is OC(c1cccnc1)c1c(-c2ccccc2F)csc1-c1ccc(F)cc1F. The number of hydrogen-bond donors (Lipinski definition) is 1. The van der Waals surface area contributed by atoms with Crippen LogP contribution in [0.4, 0.5) is 13.2 Å². The molecule has 4 aromatic rings. The number of pyridine rings is 1. The Hall–Kier alpha value is -2.96. The minimum atomic E-state index is -1.16. The first kappa shape index (κ1) is 18.4. The lowest BCUT2D eigenvalue weighted by Gasteiger charge is -2.16. The second-order valence-electron chi connectivity index (χ2n) is 6.19. The van der Waals surface area contributed by atoms with Crippen LogP contribution < -0.4 is 0 Å². The van der Waals surface area contributed by atoms with Crippen LogP contribution in [0.25, 0.3) is 21.6 Å². The van der Waals surface area contributed by atoms with Crippen molar-refractivity contribution in [2.75, 3.05) is 0 Å². The first-order valence-corrected chi connectivity index (χ1v) is 9.34. The molecule has 4 rings (SSSR count). The topological polar surface area (TPSA) is 33.1 Å². The molecule has 1 unspecified atom stereocenters. The highest BCUT2D eigenvalue weighted by molar-refractivity contribution is 7.14. The van der Waals surface area contributed by atoms with Crippen molar-refractivity contribution in [1.82, 2.24) is 4.98 Å². The fourth-order valence-corrected chi connectivity index (χ4v) is 4.24. The summed E-state index contributed by atoms with van der Waals surface area (Å²) >= 11 is 1.17. The van der Waals surface area contributed by atoms with Crippen LogP contribution in [0.2, 0.25) is 0 Å². The van der Waals surface area contributed by atoms with Gasteiger partial charge in [-0.2, -0.15) is 0 Å². The van der Waals surface area contributed by atoms with Gasteiger partial charge in [0.1, 0.15) is 23.6 Å². The molecule has 0 aliphatic carbocycles. The molecule has 0 aliphatic rings. The number of benzene rings is 2. The zero-order valence-corrected chi connectivity index (χ0v) is 15.3. The van der Waals surface area contributed by atoms with Gasteiger partial charge in [0.05, 0.1) is 0 Å². The third kappa shape index (κ3) is 3.32. The molecular weight excluding hydrogens is 383 g/mol. The van der Waals surface area contributed by atoms with Crippen LogP contribution in [0, 0.1) is 17.5 Å². The van der Waals surface area contributed by atoms with Gasteiger partial charge in [-0.3, -0.25) is 4.98 Å². The Bertz CT molecular complexity index is 1130. The summed E-state index contributed by atoms with van der Waals surface area (Å²) < 4.78 is 42.3. The van der Waals surface area contributed by atoms with Gasteiger partial charge in [-0.25, -0.2) is 13.2 Å². The molecule has 6 heteroatoms. The molecule has 28 heavy (non-hydrogen) atoms. The normalized spacial score (nSPS) is 12.1. The number of aromatic nitrogens is 1. The largest absolute Gasteiger partial charge is 0.384 e. The molecule has 2 aromatic carbocycles. The average Bonchev–Trinajstić information content (AvgIpc) is 3.13. The Morgan fingerprint density at radius 1 is 0.857 bits per heavy atom. The number of hydrogen-bond acceptors (Lipinski definition) is 3. The average molecular weight is 397 g/mol. The lowest BCUT2D eigenvalue weighted by atomic mass is 9.93. The van der Waals surface area contributed by atoms with Crippen LogP contribution in [-0.2, 0) is 0 Å². The highest BCUT2D eigenvalue weighted by Crippen LogP contribution is 2.44. The van der Waals surface area contributed by atoms with E-state index in [1.165, 1.54) is 29.7 Å². The van der Waals surface area contributed by atoms with E-state index in [1.54, 1.807) is 41.9 Å². The fraction of sp³-hybridized carbons (Fsp3) is 0.0455. The van der Waals surface area contributed by atoms with Gasteiger partial charge >= 0.3 is 0 Å². The minimum Gasteiger partial charge on any atom is -0.384 e. The number of halogens is 3. The summed E-state index contributed by atoms with van der Waals surface area (Å²) in [5.74, 6) is -1.89. The number of rotatable bonds is 4. The van der Waals surface area contributed by atoms with Gasteiger partial charge in [0.2, 0.25) is 0 Å². The van der Waals surface area contributed by atoms with E-state index in [4.69, 9.17) is 0 Å². The van der Waals surface area contributed by atoms with E-state index >= 15 is 0 Å². The van der Waals surface area contributed by atoms with Crippen molar-refractivity contribution in [2.24, 2.45) is 0 Å². The van der Waals surface area contributed by atoms with E-state index in [0.717, 1.165) is 12.1 Å². The predicted molar refractivity (Wildman–Crippen MR) is 103 cm³/mol. The van der Waals surface area contributed by atoms with Gasteiger partial charge < -0.3 is 5.11 Å². The summed E-state index contributed by atoms with van der Waals surface area (Å²) in [5, 5.41) is 12.7. The highest BCUT2D eigenvalue weighted by atomic mass is 32.1. The van der Waals surface area contributed by atoms with Crippen molar-refractivity contribution in [1.29, 1.82) is 0 Å². The summed E-state index contributed by atoms with van der Waals surface area (Å²) in [6, 6.07) is 12.8. The maximum atomic E-state index is 14.5. The van der Waals surface area contributed by atoms with E-state index in [0.29, 0.717) is 27.1 Å². The molecule has 0 saturated heterocycles. The monoisotopic (exact) mass is 397 g/mol. The molecule has 0 fully saturated rings. The van der Waals surface area contributed by atoms with Crippen LogP contribution in [0.3, 0.4) is 0 Å². The van der Waals surface area contributed by atoms with E-state index < -0.39 is 23.6 Å². The van der Waals surface area contributed by atoms with Crippen molar-refractivity contribution >= 4 is 11.3 Å². The Morgan fingerprint density at radius 2 is 1.68 bits per heavy atom. The second kappa shape index (κ2) is 7.58. The minimum absolute atomic E-state index is 0.145. The van der Waals surface area contributed by atoms with Crippen molar-refractivity contribution in [3.05, 3.63) is 101 Å². The smallest absolute Gasteiger partial charge is 0.134 e. The van der Waals surface area contributed by atoms with Crippen LogP contribution in [0.1, 0.15) is 17.2 Å². The quantitative estimate of drug-likeness (QED) is 0.460. The molecule has 2 nitrogen and oxygen atoms in total. The summed E-state index contributed by atoms with van der Waals surface area (Å²) in [7, 11) is 0. The molecular formula is C22H14F3NOS. The number of thiophene rings is 1. The Balaban J connectivity index is 1.96. The first-order chi connectivity index (χ1) is 13.6. The molecule has 1 atom stereocenters. The Morgan fingerprint density at radius 3 is 2.39 bits per heavy atom. The van der Waals surface area contributed by atoms with Gasteiger partial charge in [0, 0.05) is 51.2 Å². The highest BCUT2D eigenvalue weighted by Gasteiger charge is 2.25. The van der Waals surface area contributed by atoms with Gasteiger partial charge in [-0.05, 0) is 29.6 Å². The predicted octanol–water partition coefficient (Wildman–Crippen LogP) is 5.98. The number of aliphatic hydroxyl groups is 1. The van der Waals surface area contributed by atoms with Crippen LogP contribution in [0.15, 0.2) is 72.4 Å². The van der Waals surface area contributed by atoms with Crippen molar-refractivity contribution in [3.8, 4) is 21.6 Å². The molecule has 0 radical (unpaired) electrons. The summed E-state index contributed by atoms with van der Waals surface area (Å²) in [6.07, 6.45) is 1.91. The number of nitrogens with zero attached hydrogens (tertiary/aromatic N) is 1. The first-order valence-electron chi connectivity index (χ1n) is 8.46. The van der Waals surface area contributed by atoms with Crippen molar-refractivity contribution in [2.45, 2.75) is 6.10 Å². The summed E-state index contributed by atoms with van der Waals surface area (Å²) in [6.45, 7) is 0. The van der Waals surface area contributed by atoms with Crippen LogP contribution in [-0.4, -0.2) is 10.1 Å². The molecule has 2 heterocycles.